The van der Waals surface area contributed by atoms with E-state index in [4.69, 9.17) is 19.6 Å². The van der Waals surface area contributed by atoms with Gasteiger partial charge < -0.3 is 9.84 Å². The second-order valence-electron chi connectivity index (χ2n) is 9.87. The van der Waals surface area contributed by atoms with Gasteiger partial charge in [-0.15, -0.1) is 11.3 Å². The van der Waals surface area contributed by atoms with Gasteiger partial charge >= 0.3 is 12.1 Å². The van der Waals surface area contributed by atoms with Gasteiger partial charge in [0.1, 0.15) is 15.5 Å². The molecule has 0 radical (unpaired) electrons. The lowest BCUT2D eigenvalue weighted by atomic mass is 9.97. The van der Waals surface area contributed by atoms with Crippen molar-refractivity contribution in [2.45, 2.75) is 37.8 Å². The number of alkyl halides is 3. The van der Waals surface area contributed by atoms with Crippen LogP contribution in [0.4, 0.5) is 18.9 Å². The number of hydrogen-bond acceptors (Lipinski definition) is 7. The van der Waals surface area contributed by atoms with Crippen LogP contribution < -0.4 is 9.46 Å². The fraction of sp³-hybridized carbons (Fsp3) is 0.194. The van der Waals surface area contributed by atoms with E-state index >= 15 is 0 Å². The smallest absolute Gasteiger partial charge is 0.490 e. The fourth-order valence-electron chi connectivity index (χ4n) is 4.31. The molecule has 0 spiro atoms. The van der Waals surface area contributed by atoms with E-state index in [0.29, 0.717) is 11.4 Å². The molecule has 0 fully saturated rings. The Morgan fingerprint density at radius 2 is 1.66 bits per heavy atom. The van der Waals surface area contributed by atoms with Gasteiger partial charge in [-0.05, 0) is 48.7 Å². The van der Waals surface area contributed by atoms with E-state index in [1.807, 2.05) is 61.5 Å². The minimum absolute atomic E-state index is 0.0945. The molecule has 8 nitrogen and oxygen atoms in total. The maximum Gasteiger partial charge on any atom is 0.490 e. The molecular weight excluding hydrogens is 615 g/mol. The number of halogens is 3. The molecule has 0 atom stereocenters. The summed E-state index contributed by atoms with van der Waals surface area (Å²) in [6, 6.07) is 22.6. The minimum atomic E-state index is -5.08. The summed E-state index contributed by atoms with van der Waals surface area (Å²) in [5.41, 5.74) is 4.78. The Morgan fingerprint density at radius 3 is 2.23 bits per heavy atom. The van der Waals surface area contributed by atoms with E-state index in [9.17, 15) is 21.6 Å². The number of aromatic nitrogens is 2. The first kappa shape index (κ1) is 32.4. The first-order valence-electron chi connectivity index (χ1n) is 13.1. The number of carboxylic acid groups (broad SMARTS) is 1. The maximum atomic E-state index is 13.5. The molecular formula is C31H28F3N3O5S2. The number of hydrogen-bond donors (Lipinski definition) is 2. The van der Waals surface area contributed by atoms with E-state index in [1.165, 1.54) is 6.20 Å². The number of thiophene rings is 1. The number of nitrogens with one attached hydrogen (secondary N) is 1. The van der Waals surface area contributed by atoms with Crippen LogP contribution in [0.15, 0.2) is 83.9 Å². The number of anilines is 1. The number of methoxy groups -OCH3 is 1. The Kier molecular flexibility index (Phi) is 9.59. The third-order valence-electron chi connectivity index (χ3n) is 6.30. The highest BCUT2D eigenvalue weighted by Crippen LogP contribution is 2.46. The van der Waals surface area contributed by atoms with Crippen LogP contribution in [-0.4, -0.2) is 42.7 Å². The quantitative estimate of drug-likeness (QED) is 0.185. The zero-order chi connectivity index (χ0) is 32.2. The summed E-state index contributed by atoms with van der Waals surface area (Å²) >= 11 is 1.59. The van der Waals surface area contributed by atoms with E-state index in [1.54, 1.807) is 36.6 Å². The number of rotatable bonds is 7. The average Bonchev–Trinajstić information content (AvgIpc) is 3.37. The monoisotopic (exact) mass is 643 g/mol. The van der Waals surface area contributed by atoms with E-state index in [0.717, 1.165) is 43.2 Å². The minimum Gasteiger partial charge on any atom is -0.497 e. The van der Waals surface area contributed by atoms with Crippen LogP contribution in [0.3, 0.4) is 0 Å². The molecule has 2 N–H and O–H groups in total. The number of nitrogens with zero attached hydrogens (tertiary/aromatic N) is 2. The molecule has 5 aromatic rings. The molecule has 3 aromatic heterocycles. The van der Waals surface area contributed by atoms with Gasteiger partial charge in [-0.1, -0.05) is 56.3 Å². The van der Waals surface area contributed by atoms with Crippen LogP contribution in [0.2, 0.25) is 0 Å². The standard InChI is InChI=1S/C29H27N3O3S2.C2HF3O2/c1-18(2)28-26(21-11-8-12-22(16-21)35-4)27-25(15-19(3)31-29(27)36-28)32-37(33,34)23-13-14-24(30-17-23)20-9-6-5-7-10-20;3-2(4,5)1(6)7/h5-18H,1-4H3,(H,31,32);(H,6,7). The number of benzene rings is 2. The van der Waals surface area contributed by atoms with Crippen LogP contribution >= 0.6 is 11.3 Å². The van der Waals surface area contributed by atoms with Gasteiger partial charge in [-0.2, -0.15) is 13.2 Å². The fourth-order valence-corrected chi connectivity index (χ4v) is 6.59. The van der Waals surface area contributed by atoms with Gasteiger partial charge in [0.2, 0.25) is 0 Å². The number of carbonyl (C=O) groups is 1. The normalized spacial score (nSPS) is 11.6. The summed E-state index contributed by atoms with van der Waals surface area (Å²) in [4.78, 5) is 20.1. The SMILES string of the molecule is COc1cccc(-c2c(C(C)C)sc3nc(C)cc(NS(=O)(=O)c4ccc(-c5ccccc5)nc4)c23)c1.O=C(O)C(F)(F)F. The number of carboxylic acids is 1. The zero-order valence-electron chi connectivity index (χ0n) is 24.0. The second kappa shape index (κ2) is 13.0. The molecule has 0 aliphatic carbocycles. The van der Waals surface area contributed by atoms with Crippen molar-refractivity contribution in [1.29, 1.82) is 0 Å². The van der Waals surface area contributed by atoms with Crippen molar-refractivity contribution >= 4 is 43.2 Å². The number of aliphatic carboxylic acids is 1. The predicted octanol–water partition coefficient (Wildman–Crippen LogP) is 7.90. The molecule has 0 aliphatic heterocycles. The van der Waals surface area contributed by atoms with Gasteiger partial charge in [0.25, 0.3) is 10.0 Å². The van der Waals surface area contributed by atoms with Crippen molar-refractivity contribution < 1.29 is 36.2 Å². The first-order valence-corrected chi connectivity index (χ1v) is 15.4. The Labute approximate surface area is 256 Å². The maximum absolute atomic E-state index is 13.5. The molecule has 0 saturated carbocycles. The molecule has 13 heteroatoms. The number of ether oxygens (including phenoxy) is 1. The molecule has 0 saturated heterocycles. The van der Waals surface area contributed by atoms with Crippen molar-refractivity contribution in [2.75, 3.05) is 11.8 Å². The summed E-state index contributed by atoms with van der Waals surface area (Å²) < 4.78 is 67.0. The Balaban J connectivity index is 0.000000566. The summed E-state index contributed by atoms with van der Waals surface area (Å²) in [6.07, 6.45) is -3.69. The molecule has 230 valence electrons. The van der Waals surface area contributed by atoms with Gasteiger partial charge in [0, 0.05) is 33.3 Å². The van der Waals surface area contributed by atoms with E-state index in [2.05, 4.69) is 23.6 Å². The van der Waals surface area contributed by atoms with Crippen molar-refractivity contribution in [1.82, 2.24) is 9.97 Å². The summed E-state index contributed by atoms with van der Waals surface area (Å²) in [6.45, 7) is 6.13. The Morgan fingerprint density at radius 1 is 1.00 bits per heavy atom. The predicted molar refractivity (Wildman–Crippen MR) is 165 cm³/mol. The summed E-state index contributed by atoms with van der Waals surface area (Å²) in [7, 11) is -2.27. The van der Waals surface area contributed by atoms with Crippen LogP contribution in [0, 0.1) is 6.92 Å². The summed E-state index contributed by atoms with van der Waals surface area (Å²) in [5, 5.41) is 7.91. The molecule has 3 heterocycles. The van der Waals surface area contributed by atoms with Crippen LogP contribution in [0.25, 0.3) is 32.6 Å². The van der Waals surface area contributed by atoms with Crippen molar-refractivity contribution in [2.24, 2.45) is 0 Å². The average molecular weight is 644 g/mol. The van der Waals surface area contributed by atoms with Crippen molar-refractivity contribution in [3.63, 3.8) is 0 Å². The lowest BCUT2D eigenvalue weighted by Crippen LogP contribution is -2.21. The molecule has 0 amide bonds. The molecule has 0 aliphatic rings. The highest BCUT2D eigenvalue weighted by Gasteiger charge is 2.38. The van der Waals surface area contributed by atoms with Crippen LogP contribution in [-0.2, 0) is 14.8 Å². The zero-order valence-corrected chi connectivity index (χ0v) is 25.6. The van der Waals surface area contributed by atoms with Gasteiger partial charge in [0.15, 0.2) is 0 Å². The molecule has 5 rings (SSSR count). The Bertz CT molecular complexity index is 1890. The third-order valence-corrected chi connectivity index (χ3v) is 9.04. The number of fused-ring (bicyclic) bond motifs is 1. The first-order chi connectivity index (χ1) is 20.7. The van der Waals surface area contributed by atoms with Gasteiger partial charge in [-0.25, -0.2) is 18.2 Å². The van der Waals surface area contributed by atoms with E-state index < -0.39 is 22.2 Å². The molecule has 0 bridgehead atoms. The largest absolute Gasteiger partial charge is 0.497 e. The third kappa shape index (κ3) is 7.34. The lowest BCUT2D eigenvalue weighted by Gasteiger charge is -2.14. The molecule has 2 aromatic carbocycles. The van der Waals surface area contributed by atoms with E-state index in [-0.39, 0.29) is 10.8 Å². The number of sulfonamides is 1. The van der Waals surface area contributed by atoms with Gasteiger partial charge in [-0.3, -0.25) is 9.71 Å². The number of aryl methyl sites for hydroxylation is 1. The highest BCUT2D eigenvalue weighted by molar-refractivity contribution is 7.92. The lowest BCUT2D eigenvalue weighted by molar-refractivity contribution is -0.192. The van der Waals surface area contributed by atoms with Crippen molar-refractivity contribution in [3.8, 4) is 28.1 Å². The topological polar surface area (TPSA) is 118 Å². The van der Waals surface area contributed by atoms with Crippen LogP contribution in [0.5, 0.6) is 5.75 Å². The van der Waals surface area contributed by atoms with Gasteiger partial charge in [0.05, 0.1) is 18.5 Å². The van der Waals surface area contributed by atoms with Crippen molar-refractivity contribution in [3.05, 3.63) is 89.6 Å². The van der Waals surface area contributed by atoms with Crippen LogP contribution in [0.1, 0.15) is 30.3 Å². The number of pyridine rings is 2. The molecule has 44 heavy (non-hydrogen) atoms. The Hall–Kier alpha value is -4.49. The summed E-state index contributed by atoms with van der Waals surface area (Å²) in [5.74, 6) is -1.80. The highest BCUT2D eigenvalue weighted by atomic mass is 32.2. The molecule has 0 unspecified atom stereocenters. The second-order valence-corrected chi connectivity index (χ2v) is 12.6.